The fourth-order valence-electron chi connectivity index (χ4n) is 3.04. The molecule has 0 bridgehead atoms. The highest BCUT2D eigenvalue weighted by molar-refractivity contribution is 6.12. The van der Waals surface area contributed by atoms with Crippen LogP contribution < -0.4 is 9.47 Å². The number of aliphatic imine (C=N–C) groups is 2. The van der Waals surface area contributed by atoms with Crippen molar-refractivity contribution in [3.8, 4) is 11.5 Å². The zero-order valence-corrected chi connectivity index (χ0v) is 13.6. The first-order valence-corrected chi connectivity index (χ1v) is 7.56. The molecule has 6 heteroatoms. The highest BCUT2D eigenvalue weighted by atomic mass is 19.1. The number of benzene rings is 2. The first-order chi connectivity index (χ1) is 11.6. The van der Waals surface area contributed by atoms with Gasteiger partial charge >= 0.3 is 0 Å². The van der Waals surface area contributed by atoms with Crippen LogP contribution in [0, 0.1) is 12.7 Å². The minimum Gasteiger partial charge on any atom is -0.493 e. The minimum absolute atomic E-state index is 0.215. The summed E-state index contributed by atoms with van der Waals surface area (Å²) < 4.78 is 24.5. The fourth-order valence-corrected chi connectivity index (χ4v) is 3.04. The molecule has 2 aromatic carbocycles. The first-order valence-electron chi connectivity index (χ1n) is 7.56. The third-order valence-corrected chi connectivity index (χ3v) is 4.41. The number of ether oxygens (including phenoxy) is 2. The monoisotopic (exact) mass is 325 g/mol. The van der Waals surface area contributed by atoms with Crippen LogP contribution in [0.2, 0.25) is 0 Å². The smallest absolute Gasteiger partial charge is 0.162 e. The van der Waals surface area contributed by atoms with E-state index in [9.17, 15) is 4.39 Å². The Labute approximate surface area is 139 Å². The van der Waals surface area contributed by atoms with Gasteiger partial charge in [0.15, 0.2) is 11.5 Å². The number of hydrogen-bond acceptors (Lipinski definition) is 5. The van der Waals surface area contributed by atoms with Crippen LogP contribution in [-0.4, -0.2) is 31.3 Å². The lowest BCUT2D eigenvalue weighted by atomic mass is 10.0. The highest BCUT2D eigenvalue weighted by Gasteiger charge is 2.28. The van der Waals surface area contributed by atoms with Crippen molar-refractivity contribution in [2.24, 2.45) is 9.98 Å². The normalized spacial score (nSPS) is 14.5. The molecule has 0 unspecified atom stereocenters. The molecule has 122 valence electrons. The summed E-state index contributed by atoms with van der Waals surface area (Å²) in [6, 6.07) is 6.88. The second-order valence-electron chi connectivity index (χ2n) is 5.70. The summed E-state index contributed by atoms with van der Waals surface area (Å²) in [6.07, 6.45) is 1.72. The van der Waals surface area contributed by atoms with Gasteiger partial charge in [-0.25, -0.2) is 14.4 Å². The van der Waals surface area contributed by atoms with Crippen LogP contribution in [0.15, 0.2) is 34.3 Å². The van der Waals surface area contributed by atoms with E-state index in [1.807, 2.05) is 17.0 Å². The van der Waals surface area contributed by atoms with Gasteiger partial charge in [-0.1, -0.05) is 0 Å². The maximum Gasteiger partial charge on any atom is 0.162 e. The van der Waals surface area contributed by atoms with Gasteiger partial charge in [-0.3, -0.25) is 0 Å². The molecule has 2 aliphatic heterocycles. The topological polar surface area (TPSA) is 46.4 Å². The van der Waals surface area contributed by atoms with Crippen molar-refractivity contribution in [2.45, 2.75) is 13.5 Å². The summed E-state index contributed by atoms with van der Waals surface area (Å²) in [5, 5.41) is 0. The molecule has 0 aliphatic carbocycles. The van der Waals surface area contributed by atoms with E-state index in [1.165, 1.54) is 6.07 Å². The molecule has 0 amide bonds. The Balaban J connectivity index is 1.90. The van der Waals surface area contributed by atoms with Gasteiger partial charge in [0.05, 0.1) is 38.5 Å². The molecule has 0 atom stereocenters. The zero-order valence-electron chi connectivity index (χ0n) is 13.6. The molecule has 0 saturated carbocycles. The summed E-state index contributed by atoms with van der Waals surface area (Å²) in [5.41, 5.74) is 3.93. The zero-order chi connectivity index (χ0) is 16.8. The number of methoxy groups -OCH3 is 2. The van der Waals surface area contributed by atoms with Crippen molar-refractivity contribution in [3.63, 3.8) is 0 Å². The number of fused-ring (bicyclic) bond motifs is 4. The van der Waals surface area contributed by atoms with E-state index >= 15 is 0 Å². The molecule has 5 nitrogen and oxygen atoms in total. The molecular weight excluding hydrogens is 309 g/mol. The molecule has 24 heavy (non-hydrogen) atoms. The van der Waals surface area contributed by atoms with Gasteiger partial charge in [0.1, 0.15) is 11.7 Å². The second-order valence-corrected chi connectivity index (χ2v) is 5.70. The van der Waals surface area contributed by atoms with Crippen molar-refractivity contribution >= 4 is 23.5 Å². The number of rotatable bonds is 2. The lowest BCUT2D eigenvalue weighted by Crippen LogP contribution is -2.34. The predicted molar refractivity (Wildman–Crippen MR) is 90.6 cm³/mol. The summed E-state index contributed by atoms with van der Waals surface area (Å²) >= 11 is 0. The lowest BCUT2D eigenvalue weighted by Gasteiger charge is -2.31. The van der Waals surface area contributed by atoms with Crippen molar-refractivity contribution in [3.05, 3.63) is 46.8 Å². The van der Waals surface area contributed by atoms with Gasteiger partial charge in [0.25, 0.3) is 0 Å². The van der Waals surface area contributed by atoms with Gasteiger partial charge in [-0.2, -0.15) is 0 Å². The van der Waals surface area contributed by atoms with E-state index in [4.69, 9.17) is 14.5 Å². The molecule has 0 spiro atoms. The van der Waals surface area contributed by atoms with E-state index < -0.39 is 0 Å². The summed E-state index contributed by atoms with van der Waals surface area (Å²) in [7, 11) is 3.19. The van der Waals surface area contributed by atoms with Crippen LogP contribution in [0.25, 0.3) is 0 Å². The largest absolute Gasteiger partial charge is 0.493 e. The van der Waals surface area contributed by atoms with Gasteiger partial charge in [-0.05, 0) is 30.7 Å². The van der Waals surface area contributed by atoms with Crippen LogP contribution in [0.4, 0.5) is 15.8 Å². The van der Waals surface area contributed by atoms with Crippen LogP contribution in [0.3, 0.4) is 0 Å². The van der Waals surface area contributed by atoms with E-state index in [1.54, 1.807) is 33.5 Å². The average molecular weight is 325 g/mol. The first kappa shape index (κ1) is 14.7. The maximum absolute atomic E-state index is 13.8. The van der Waals surface area contributed by atoms with Crippen molar-refractivity contribution in [2.75, 3.05) is 14.2 Å². The minimum atomic E-state index is -0.215. The summed E-state index contributed by atoms with van der Waals surface area (Å²) in [5.74, 6) is 1.81. The van der Waals surface area contributed by atoms with Gasteiger partial charge in [-0.15, -0.1) is 0 Å². The van der Waals surface area contributed by atoms with E-state index in [0.717, 1.165) is 28.3 Å². The third-order valence-electron chi connectivity index (χ3n) is 4.41. The quantitative estimate of drug-likeness (QED) is 0.845. The van der Waals surface area contributed by atoms with E-state index in [0.29, 0.717) is 23.6 Å². The second kappa shape index (κ2) is 5.33. The Kier molecular flexibility index (Phi) is 3.26. The molecule has 4 rings (SSSR count). The number of halogens is 1. The SMILES string of the molecule is COc1cc2c(cc1OC)C1=Nc3ccc(F)c(C)c3CN1C=N2. The van der Waals surface area contributed by atoms with Crippen LogP contribution in [0.1, 0.15) is 16.7 Å². The standard InChI is InChI=1S/C18H16FN3O2/c1-10-12-8-22-9-20-15-7-17(24-3)16(23-2)6-11(15)18(22)21-14(12)5-4-13(10)19/h4-7,9H,8H2,1-3H3. The molecule has 2 aliphatic rings. The van der Waals surface area contributed by atoms with Gasteiger partial charge in [0, 0.05) is 17.2 Å². The third kappa shape index (κ3) is 2.06. The number of amidine groups is 1. The van der Waals surface area contributed by atoms with Crippen LogP contribution in [-0.2, 0) is 6.54 Å². The van der Waals surface area contributed by atoms with Crippen molar-refractivity contribution in [1.29, 1.82) is 0 Å². The highest BCUT2D eigenvalue weighted by Crippen LogP contribution is 2.40. The van der Waals surface area contributed by atoms with Crippen molar-refractivity contribution in [1.82, 2.24) is 4.90 Å². The maximum atomic E-state index is 13.8. The van der Waals surface area contributed by atoms with E-state index in [-0.39, 0.29) is 5.82 Å². The molecule has 0 N–H and O–H groups in total. The summed E-state index contributed by atoms with van der Waals surface area (Å²) in [6.45, 7) is 2.31. The van der Waals surface area contributed by atoms with Crippen molar-refractivity contribution < 1.29 is 13.9 Å². The molecule has 0 fully saturated rings. The van der Waals surface area contributed by atoms with E-state index in [2.05, 4.69) is 4.99 Å². The number of hydrogen-bond donors (Lipinski definition) is 0. The Morgan fingerprint density at radius 2 is 1.83 bits per heavy atom. The van der Waals surface area contributed by atoms with Gasteiger partial charge in [0.2, 0.25) is 0 Å². The average Bonchev–Trinajstić information content (AvgIpc) is 2.62. The molecule has 0 aromatic heterocycles. The molecule has 2 aromatic rings. The van der Waals surface area contributed by atoms with Gasteiger partial charge < -0.3 is 14.4 Å². The van der Waals surface area contributed by atoms with Crippen LogP contribution >= 0.6 is 0 Å². The predicted octanol–water partition coefficient (Wildman–Crippen LogP) is 3.72. The Hall–Kier alpha value is -2.89. The Morgan fingerprint density at radius 1 is 1.08 bits per heavy atom. The lowest BCUT2D eigenvalue weighted by molar-refractivity contribution is 0.355. The summed E-state index contributed by atoms with van der Waals surface area (Å²) in [4.78, 5) is 11.1. The molecule has 0 saturated heterocycles. The Morgan fingerprint density at radius 3 is 2.58 bits per heavy atom. The molecular formula is C18H16FN3O2. The molecule has 2 heterocycles. The fraction of sp³-hybridized carbons (Fsp3) is 0.222. The molecule has 0 radical (unpaired) electrons. The Bertz CT molecular complexity index is 906. The van der Waals surface area contributed by atoms with Crippen LogP contribution in [0.5, 0.6) is 11.5 Å². The number of nitrogens with zero attached hydrogens (tertiary/aromatic N) is 3.